The molecule has 0 atom stereocenters. The molecule has 1 heterocycles. The molecule has 7 heteroatoms. The summed E-state index contributed by atoms with van der Waals surface area (Å²) < 4.78 is 9.56. The molecule has 0 aliphatic rings. The SMILES string of the molecule is CC(C)(C)OC(=O)c1csc(C(=O)OI)n1. The zero-order chi connectivity index (χ0) is 12.3. The minimum atomic E-state index is -0.579. The van der Waals surface area contributed by atoms with Crippen LogP contribution in [0.15, 0.2) is 5.38 Å². The van der Waals surface area contributed by atoms with Crippen molar-refractivity contribution >= 4 is 46.3 Å². The van der Waals surface area contributed by atoms with Crippen molar-refractivity contribution in [3.63, 3.8) is 0 Å². The largest absolute Gasteiger partial charge is 0.455 e. The predicted molar refractivity (Wildman–Crippen MR) is 66.7 cm³/mol. The topological polar surface area (TPSA) is 65.5 Å². The van der Waals surface area contributed by atoms with Gasteiger partial charge in [-0.3, -0.25) is 0 Å². The van der Waals surface area contributed by atoms with E-state index < -0.39 is 17.5 Å². The summed E-state index contributed by atoms with van der Waals surface area (Å²) in [4.78, 5) is 26.5. The molecule has 0 bridgehead atoms. The molecule has 0 N–H and O–H groups in total. The Morgan fingerprint density at radius 1 is 1.38 bits per heavy atom. The van der Waals surface area contributed by atoms with Gasteiger partial charge in [-0.1, -0.05) is 0 Å². The summed E-state index contributed by atoms with van der Waals surface area (Å²) in [6.45, 7) is 5.28. The van der Waals surface area contributed by atoms with Crippen molar-refractivity contribution in [1.82, 2.24) is 4.98 Å². The molecular formula is C9H10INO4S. The molecule has 0 aliphatic carbocycles. The van der Waals surface area contributed by atoms with Gasteiger partial charge in [-0.05, 0) is 20.8 Å². The number of aromatic nitrogens is 1. The van der Waals surface area contributed by atoms with Crippen LogP contribution in [0.5, 0.6) is 0 Å². The second kappa shape index (κ2) is 5.09. The maximum absolute atomic E-state index is 11.6. The van der Waals surface area contributed by atoms with Crippen molar-refractivity contribution in [2.45, 2.75) is 26.4 Å². The molecule has 0 aromatic carbocycles. The van der Waals surface area contributed by atoms with Gasteiger partial charge in [0, 0.05) is 5.38 Å². The highest BCUT2D eigenvalue weighted by atomic mass is 127. The lowest BCUT2D eigenvalue weighted by Gasteiger charge is -2.18. The number of carbonyl (C=O) groups is 2. The molecule has 0 amide bonds. The maximum atomic E-state index is 11.6. The first kappa shape index (κ1) is 13.4. The maximum Gasteiger partial charge on any atom is 0.376 e. The van der Waals surface area contributed by atoms with Gasteiger partial charge >= 0.3 is 11.9 Å². The van der Waals surface area contributed by atoms with Crippen LogP contribution in [-0.4, -0.2) is 22.5 Å². The third-order valence-corrected chi connectivity index (χ3v) is 2.58. The first-order chi connectivity index (χ1) is 7.33. The molecule has 0 aliphatic heterocycles. The smallest absolute Gasteiger partial charge is 0.376 e. The zero-order valence-corrected chi connectivity index (χ0v) is 11.9. The molecule has 0 fully saturated rings. The molecule has 0 spiro atoms. The van der Waals surface area contributed by atoms with Gasteiger partial charge in [0.15, 0.2) is 28.7 Å². The minimum absolute atomic E-state index is 0.122. The van der Waals surface area contributed by atoms with E-state index in [0.29, 0.717) is 0 Å². The van der Waals surface area contributed by atoms with Crippen LogP contribution in [0.4, 0.5) is 0 Å². The third-order valence-electron chi connectivity index (χ3n) is 1.36. The van der Waals surface area contributed by atoms with Crippen LogP contribution in [0, 0.1) is 0 Å². The van der Waals surface area contributed by atoms with E-state index in [1.165, 1.54) is 28.4 Å². The molecule has 5 nitrogen and oxygen atoms in total. The number of rotatable bonds is 2. The summed E-state index contributed by atoms with van der Waals surface area (Å²) in [6.07, 6.45) is 0. The van der Waals surface area contributed by atoms with E-state index in [0.717, 1.165) is 11.3 Å². The van der Waals surface area contributed by atoms with Gasteiger partial charge in [0.2, 0.25) is 5.01 Å². The van der Waals surface area contributed by atoms with Crippen LogP contribution < -0.4 is 0 Å². The lowest BCUT2D eigenvalue weighted by molar-refractivity contribution is 0.00637. The van der Waals surface area contributed by atoms with Crippen LogP contribution >= 0.6 is 34.3 Å². The van der Waals surface area contributed by atoms with Crippen LogP contribution in [-0.2, 0) is 7.80 Å². The minimum Gasteiger partial charge on any atom is -0.455 e. The van der Waals surface area contributed by atoms with Gasteiger partial charge in [0.05, 0.1) is 0 Å². The molecule has 16 heavy (non-hydrogen) atoms. The van der Waals surface area contributed by atoms with Crippen molar-refractivity contribution in [3.8, 4) is 0 Å². The average Bonchev–Trinajstić information content (AvgIpc) is 2.62. The highest BCUT2D eigenvalue weighted by Crippen LogP contribution is 2.16. The Morgan fingerprint density at radius 2 is 2.00 bits per heavy atom. The Hall–Kier alpha value is -0.700. The summed E-state index contributed by atoms with van der Waals surface area (Å²) in [5, 5.41) is 1.60. The van der Waals surface area contributed by atoms with E-state index in [4.69, 9.17) is 4.74 Å². The number of hydrogen-bond donors (Lipinski definition) is 0. The average molecular weight is 355 g/mol. The van der Waals surface area contributed by atoms with Crippen molar-refractivity contribution in [2.24, 2.45) is 0 Å². The lowest BCUT2D eigenvalue weighted by Crippen LogP contribution is -2.24. The summed E-state index contributed by atoms with van der Waals surface area (Å²) in [5.41, 5.74) is -0.457. The second-order valence-corrected chi connectivity index (χ2v) is 5.20. The molecule has 0 saturated carbocycles. The summed E-state index contributed by atoms with van der Waals surface area (Å²) >= 11 is 2.51. The highest BCUT2D eigenvalue weighted by molar-refractivity contribution is 14.1. The monoisotopic (exact) mass is 355 g/mol. The van der Waals surface area contributed by atoms with E-state index in [9.17, 15) is 9.59 Å². The molecule has 1 aromatic heterocycles. The first-order valence-corrected chi connectivity index (χ1v) is 6.11. The molecule has 1 aromatic rings. The Bertz CT molecular complexity index is 410. The van der Waals surface area contributed by atoms with Crippen LogP contribution in [0.2, 0.25) is 0 Å². The van der Waals surface area contributed by atoms with Crippen molar-refractivity contribution in [2.75, 3.05) is 0 Å². The van der Waals surface area contributed by atoms with Crippen LogP contribution in [0.3, 0.4) is 0 Å². The van der Waals surface area contributed by atoms with E-state index in [-0.39, 0.29) is 10.7 Å². The van der Waals surface area contributed by atoms with Crippen LogP contribution in [0.25, 0.3) is 0 Å². The Labute approximate surface area is 111 Å². The highest BCUT2D eigenvalue weighted by Gasteiger charge is 2.22. The van der Waals surface area contributed by atoms with Crippen molar-refractivity contribution < 1.29 is 17.4 Å². The molecule has 1 rings (SSSR count). The molecular weight excluding hydrogens is 345 g/mol. The number of thiazole rings is 1. The first-order valence-electron chi connectivity index (χ1n) is 4.35. The number of ether oxygens (including phenoxy) is 1. The quantitative estimate of drug-likeness (QED) is 0.603. The fraction of sp³-hybridized carbons (Fsp3) is 0.444. The van der Waals surface area contributed by atoms with Gasteiger partial charge in [0.1, 0.15) is 5.60 Å². The zero-order valence-electron chi connectivity index (χ0n) is 8.94. The summed E-state index contributed by atoms with van der Waals surface area (Å²) in [5.74, 6) is -1.11. The number of nitrogens with zero attached hydrogens (tertiary/aromatic N) is 1. The molecule has 0 saturated heterocycles. The van der Waals surface area contributed by atoms with Gasteiger partial charge in [-0.15, -0.1) is 11.3 Å². The number of esters is 1. The number of halogens is 1. The third kappa shape index (κ3) is 3.71. The normalized spacial score (nSPS) is 11.0. The standard InChI is InChI=1S/C9H10INO4S/c1-9(2,3)14-7(12)5-4-16-6(11-5)8(13)15-10/h4H,1-3H3. The van der Waals surface area contributed by atoms with E-state index in [1.54, 1.807) is 20.8 Å². The molecule has 0 radical (unpaired) electrons. The lowest BCUT2D eigenvalue weighted by atomic mass is 10.2. The fourth-order valence-corrected chi connectivity index (χ4v) is 1.84. The Kier molecular flexibility index (Phi) is 4.25. The Morgan fingerprint density at radius 3 is 2.50 bits per heavy atom. The molecule has 0 unspecified atom stereocenters. The van der Waals surface area contributed by atoms with Gasteiger partial charge in [0.25, 0.3) is 0 Å². The second-order valence-electron chi connectivity index (χ2n) is 3.90. The summed E-state index contributed by atoms with van der Waals surface area (Å²) in [6, 6.07) is 0. The number of hydrogen-bond acceptors (Lipinski definition) is 6. The van der Waals surface area contributed by atoms with Crippen molar-refractivity contribution in [3.05, 3.63) is 16.1 Å². The van der Waals surface area contributed by atoms with Crippen LogP contribution in [0.1, 0.15) is 41.1 Å². The molecule has 88 valence electrons. The van der Waals surface area contributed by atoms with E-state index >= 15 is 0 Å². The Balaban J connectivity index is 2.78. The predicted octanol–water partition coefficient (Wildman–Crippen LogP) is 2.61. The van der Waals surface area contributed by atoms with Gasteiger partial charge in [-0.25, -0.2) is 14.6 Å². The van der Waals surface area contributed by atoms with Gasteiger partial charge < -0.3 is 7.80 Å². The van der Waals surface area contributed by atoms with E-state index in [1.807, 2.05) is 0 Å². The van der Waals surface area contributed by atoms with Crippen molar-refractivity contribution in [1.29, 1.82) is 0 Å². The summed E-state index contributed by atoms with van der Waals surface area (Å²) in [7, 11) is 0. The fourth-order valence-electron chi connectivity index (χ4n) is 0.825. The van der Waals surface area contributed by atoms with Gasteiger partial charge in [-0.2, -0.15) is 0 Å². The van der Waals surface area contributed by atoms with E-state index in [2.05, 4.69) is 8.05 Å². The number of carbonyl (C=O) groups excluding carboxylic acids is 2.